The zero-order chi connectivity index (χ0) is 14.7. The number of likely N-dealkylation sites (tertiary alicyclic amines) is 1. The summed E-state index contributed by atoms with van der Waals surface area (Å²) in [5.41, 5.74) is 1.56. The van der Waals surface area contributed by atoms with Crippen molar-refractivity contribution in [3.8, 4) is 0 Å². The molecule has 4 nitrogen and oxygen atoms in total. The van der Waals surface area contributed by atoms with Gasteiger partial charge in [0.25, 0.3) is 0 Å². The van der Waals surface area contributed by atoms with Crippen LogP contribution in [0.4, 0.5) is 0 Å². The van der Waals surface area contributed by atoms with Crippen LogP contribution in [-0.2, 0) is 6.54 Å². The molecule has 1 aromatic rings. The van der Waals surface area contributed by atoms with Gasteiger partial charge < -0.3 is 10.4 Å². The van der Waals surface area contributed by atoms with Crippen molar-refractivity contribution in [1.82, 2.24) is 10.2 Å². The van der Waals surface area contributed by atoms with E-state index in [1.54, 1.807) is 12.1 Å². The van der Waals surface area contributed by atoms with Crippen LogP contribution in [0.2, 0.25) is 0 Å². The lowest BCUT2D eigenvalue weighted by Crippen LogP contribution is -2.42. The average molecular weight is 288 g/mol. The molecular formula is C17H24N2O2. The number of benzene rings is 1. The molecule has 0 bridgehead atoms. The van der Waals surface area contributed by atoms with Gasteiger partial charge in [0.15, 0.2) is 0 Å². The Hall–Kier alpha value is -1.39. The van der Waals surface area contributed by atoms with Crippen molar-refractivity contribution in [3.05, 3.63) is 35.4 Å². The van der Waals surface area contributed by atoms with E-state index in [0.717, 1.165) is 25.6 Å². The lowest BCUT2D eigenvalue weighted by atomic mass is 10.0. The summed E-state index contributed by atoms with van der Waals surface area (Å²) in [5.74, 6) is 0.0971. The molecule has 0 radical (unpaired) electrons. The molecule has 0 spiro atoms. The first kappa shape index (κ1) is 14.5. The van der Waals surface area contributed by atoms with Crippen LogP contribution in [0.1, 0.15) is 41.6 Å². The van der Waals surface area contributed by atoms with Crippen LogP contribution in [0.25, 0.3) is 0 Å². The van der Waals surface area contributed by atoms with E-state index in [2.05, 4.69) is 10.2 Å². The molecule has 1 saturated heterocycles. The number of carboxylic acids is 1. The molecule has 0 aromatic heterocycles. The molecule has 21 heavy (non-hydrogen) atoms. The number of carboxylic acid groups (broad SMARTS) is 1. The molecular weight excluding hydrogens is 264 g/mol. The summed E-state index contributed by atoms with van der Waals surface area (Å²) in [4.78, 5) is 13.3. The Bertz CT molecular complexity index is 474. The Morgan fingerprint density at radius 2 is 1.81 bits per heavy atom. The van der Waals surface area contributed by atoms with Gasteiger partial charge in [-0.3, -0.25) is 4.90 Å². The van der Waals surface area contributed by atoms with E-state index in [9.17, 15) is 4.79 Å². The molecule has 2 aliphatic rings. The van der Waals surface area contributed by atoms with E-state index in [-0.39, 0.29) is 0 Å². The van der Waals surface area contributed by atoms with E-state index in [1.807, 2.05) is 12.1 Å². The van der Waals surface area contributed by atoms with Gasteiger partial charge in [-0.05, 0) is 68.9 Å². The fourth-order valence-corrected chi connectivity index (χ4v) is 2.96. The summed E-state index contributed by atoms with van der Waals surface area (Å²) in [6, 6.07) is 7.95. The molecule has 114 valence electrons. The minimum Gasteiger partial charge on any atom is -0.478 e. The number of hydrogen-bond donors (Lipinski definition) is 2. The molecule has 1 aliphatic heterocycles. The molecule has 1 aliphatic carbocycles. The van der Waals surface area contributed by atoms with E-state index >= 15 is 0 Å². The van der Waals surface area contributed by atoms with Gasteiger partial charge >= 0.3 is 5.97 Å². The van der Waals surface area contributed by atoms with Gasteiger partial charge in [0.1, 0.15) is 0 Å². The SMILES string of the molecule is O=C(O)c1ccc(CN2CCC(NCC3CC3)CC2)cc1. The second kappa shape index (κ2) is 6.58. The van der Waals surface area contributed by atoms with Crippen molar-refractivity contribution >= 4 is 5.97 Å². The fourth-order valence-electron chi connectivity index (χ4n) is 2.96. The molecule has 2 fully saturated rings. The normalized spacial score (nSPS) is 20.6. The highest BCUT2D eigenvalue weighted by Crippen LogP contribution is 2.28. The molecule has 4 heteroatoms. The van der Waals surface area contributed by atoms with Crippen molar-refractivity contribution in [2.75, 3.05) is 19.6 Å². The number of hydrogen-bond acceptors (Lipinski definition) is 3. The van der Waals surface area contributed by atoms with Crippen LogP contribution < -0.4 is 5.32 Å². The molecule has 2 N–H and O–H groups in total. The zero-order valence-electron chi connectivity index (χ0n) is 12.4. The maximum atomic E-state index is 10.8. The Balaban J connectivity index is 1.42. The Kier molecular flexibility index (Phi) is 4.56. The lowest BCUT2D eigenvalue weighted by Gasteiger charge is -2.32. The average Bonchev–Trinajstić information content (AvgIpc) is 3.31. The monoisotopic (exact) mass is 288 g/mol. The van der Waals surface area contributed by atoms with E-state index in [1.165, 1.54) is 37.8 Å². The van der Waals surface area contributed by atoms with Crippen LogP contribution in [0.3, 0.4) is 0 Å². The molecule has 3 rings (SSSR count). The second-order valence-electron chi connectivity index (χ2n) is 6.40. The van der Waals surface area contributed by atoms with E-state index in [0.29, 0.717) is 11.6 Å². The molecule has 1 saturated carbocycles. The summed E-state index contributed by atoms with van der Waals surface area (Å²) in [6.07, 6.45) is 5.27. The minimum atomic E-state index is -0.857. The molecule has 0 amide bonds. The van der Waals surface area contributed by atoms with Gasteiger partial charge in [0, 0.05) is 12.6 Å². The first-order chi connectivity index (χ1) is 10.2. The summed E-state index contributed by atoms with van der Waals surface area (Å²) in [7, 11) is 0. The maximum Gasteiger partial charge on any atom is 0.335 e. The van der Waals surface area contributed by atoms with Crippen molar-refractivity contribution in [2.45, 2.75) is 38.3 Å². The second-order valence-corrected chi connectivity index (χ2v) is 6.40. The summed E-state index contributed by atoms with van der Waals surface area (Å²) >= 11 is 0. The maximum absolute atomic E-state index is 10.8. The number of nitrogens with zero attached hydrogens (tertiary/aromatic N) is 1. The Morgan fingerprint density at radius 3 is 2.38 bits per heavy atom. The van der Waals surface area contributed by atoms with E-state index < -0.39 is 5.97 Å². The lowest BCUT2D eigenvalue weighted by molar-refractivity contribution is 0.0697. The van der Waals surface area contributed by atoms with E-state index in [4.69, 9.17) is 5.11 Å². The topological polar surface area (TPSA) is 52.6 Å². The van der Waals surface area contributed by atoms with Gasteiger partial charge in [-0.15, -0.1) is 0 Å². The first-order valence-electron chi connectivity index (χ1n) is 7.98. The fraction of sp³-hybridized carbons (Fsp3) is 0.588. The third-order valence-electron chi connectivity index (χ3n) is 4.59. The van der Waals surface area contributed by atoms with Gasteiger partial charge in [-0.25, -0.2) is 4.79 Å². The van der Waals surface area contributed by atoms with Crippen LogP contribution >= 0.6 is 0 Å². The predicted octanol–water partition coefficient (Wildman–Crippen LogP) is 2.35. The smallest absolute Gasteiger partial charge is 0.335 e. The molecule has 0 atom stereocenters. The van der Waals surface area contributed by atoms with Crippen LogP contribution in [0.15, 0.2) is 24.3 Å². The first-order valence-corrected chi connectivity index (χ1v) is 7.98. The van der Waals surface area contributed by atoms with Gasteiger partial charge in [0.05, 0.1) is 5.56 Å². The number of carbonyl (C=O) groups is 1. The minimum absolute atomic E-state index is 0.363. The molecule has 1 aromatic carbocycles. The van der Waals surface area contributed by atoms with Crippen molar-refractivity contribution in [1.29, 1.82) is 0 Å². The summed E-state index contributed by atoms with van der Waals surface area (Å²) in [5, 5.41) is 12.6. The van der Waals surface area contributed by atoms with Crippen molar-refractivity contribution in [3.63, 3.8) is 0 Å². The third kappa shape index (κ3) is 4.29. The number of aromatic carboxylic acids is 1. The summed E-state index contributed by atoms with van der Waals surface area (Å²) in [6.45, 7) is 4.39. The highest BCUT2D eigenvalue weighted by Gasteiger charge is 2.24. The van der Waals surface area contributed by atoms with Crippen molar-refractivity contribution in [2.24, 2.45) is 5.92 Å². The number of rotatable bonds is 6. The molecule has 0 unspecified atom stereocenters. The third-order valence-corrected chi connectivity index (χ3v) is 4.59. The largest absolute Gasteiger partial charge is 0.478 e. The van der Waals surface area contributed by atoms with Gasteiger partial charge in [-0.2, -0.15) is 0 Å². The number of nitrogens with one attached hydrogen (secondary N) is 1. The van der Waals surface area contributed by atoms with Crippen LogP contribution in [0, 0.1) is 5.92 Å². The number of piperidine rings is 1. The zero-order valence-corrected chi connectivity index (χ0v) is 12.4. The van der Waals surface area contributed by atoms with Gasteiger partial charge in [-0.1, -0.05) is 12.1 Å². The Labute approximate surface area is 126 Å². The highest BCUT2D eigenvalue weighted by atomic mass is 16.4. The predicted molar refractivity (Wildman–Crippen MR) is 82.4 cm³/mol. The Morgan fingerprint density at radius 1 is 1.14 bits per heavy atom. The van der Waals surface area contributed by atoms with Crippen LogP contribution in [0.5, 0.6) is 0 Å². The van der Waals surface area contributed by atoms with Crippen molar-refractivity contribution < 1.29 is 9.90 Å². The van der Waals surface area contributed by atoms with Crippen LogP contribution in [-0.4, -0.2) is 41.7 Å². The molecule has 1 heterocycles. The van der Waals surface area contributed by atoms with Gasteiger partial charge in [0.2, 0.25) is 0 Å². The summed E-state index contributed by atoms with van der Waals surface area (Å²) < 4.78 is 0. The standard InChI is InChI=1S/C17H24N2O2/c20-17(21)15-5-3-14(4-6-15)12-19-9-7-16(8-10-19)18-11-13-1-2-13/h3-6,13,16,18H,1-2,7-12H2,(H,20,21). The quantitative estimate of drug-likeness (QED) is 0.843. The highest BCUT2D eigenvalue weighted by molar-refractivity contribution is 5.87.